The molecule has 0 spiro atoms. The maximum Gasteiger partial charge on any atom is 0.133 e. The zero-order valence-electron chi connectivity index (χ0n) is 7.46. The molecule has 0 saturated carbocycles. The number of terminal acetylenes is 1. The van der Waals surface area contributed by atoms with Crippen molar-refractivity contribution in [3.63, 3.8) is 0 Å². The van der Waals surface area contributed by atoms with Crippen molar-refractivity contribution in [3.05, 3.63) is 40.9 Å². The van der Waals surface area contributed by atoms with Crippen LogP contribution in [0.2, 0.25) is 0 Å². The zero-order chi connectivity index (χ0) is 8.97. The van der Waals surface area contributed by atoms with E-state index in [1.54, 1.807) is 0 Å². The molecule has 0 amide bonds. The molecule has 0 aliphatic heterocycles. The summed E-state index contributed by atoms with van der Waals surface area (Å²) < 4.78 is 0. The van der Waals surface area contributed by atoms with Gasteiger partial charge in [0.2, 0.25) is 0 Å². The Balaban J connectivity index is 3.17. The molecule has 0 heterocycles. The molecule has 0 saturated heterocycles. The summed E-state index contributed by atoms with van der Waals surface area (Å²) in [4.78, 5) is 0. The molecule has 0 atom stereocenters. The summed E-state index contributed by atoms with van der Waals surface area (Å²) in [7, 11) is 2.06. The van der Waals surface area contributed by atoms with Crippen LogP contribution >= 0.6 is 0 Å². The Kier molecular flexibility index (Phi) is 2.77. The van der Waals surface area contributed by atoms with Gasteiger partial charge in [-0.15, -0.1) is 11.9 Å². The molecular weight excluding hydrogens is 143 g/mol. The largest absolute Gasteiger partial charge is 0.133 e. The Morgan fingerprint density at radius 1 is 1.50 bits per heavy atom. The van der Waals surface area contributed by atoms with Gasteiger partial charge in [-0.05, 0) is 11.6 Å². The maximum absolute atomic E-state index is 5.35. The molecule has 1 aromatic carbocycles. The second-order valence-corrected chi connectivity index (χ2v) is 2.95. The quantitative estimate of drug-likeness (QED) is 0.426. The summed E-state index contributed by atoms with van der Waals surface area (Å²) in [5, 5.41) is 0. The highest BCUT2D eigenvalue weighted by Crippen LogP contribution is 2.10. The van der Waals surface area contributed by atoms with E-state index in [0.29, 0.717) is 0 Å². The molecule has 0 radical (unpaired) electrons. The van der Waals surface area contributed by atoms with Crippen LogP contribution in [0.15, 0.2) is 29.7 Å². The van der Waals surface area contributed by atoms with Gasteiger partial charge in [-0.25, -0.2) is 0 Å². The summed E-state index contributed by atoms with van der Waals surface area (Å²) in [6.07, 6.45) is 7.44. The van der Waals surface area contributed by atoms with Crippen LogP contribution in [0.5, 0.6) is 0 Å². The van der Waals surface area contributed by atoms with Gasteiger partial charge in [0.05, 0.1) is 0 Å². The fourth-order valence-electron chi connectivity index (χ4n) is 1.07. The van der Waals surface area contributed by atoms with Crippen molar-refractivity contribution in [3.8, 4) is 12.3 Å². The second kappa shape index (κ2) is 3.83. The summed E-state index contributed by atoms with van der Waals surface area (Å²) in [5.41, 5.74) is 3.34. The van der Waals surface area contributed by atoms with Crippen molar-refractivity contribution < 1.29 is 0 Å². The lowest BCUT2D eigenvalue weighted by Gasteiger charge is -1.98. The molecule has 0 bridgehead atoms. The Bertz CT molecular complexity index is 338. The lowest BCUT2D eigenvalue weighted by atomic mass is 9.94. The average molecular weight is 154 g/mol. The molecule has 0 nitrogen and oxygen atoms in total. The number of rotatable bonds is 1. The third-order valence-corrected chi connectivity index (χ3v) is 1.56. The monoisotopic (exact) mass is 154 g/mol. The van der Waals surface area contributed by atoms with E-state index in [0.717, 1.165) is 11.1 Å². The molecule has 0 fully saturated rings. The van der Waals surface area contributed by atoms with E-state index >= 15 is 0 Å². The lowest BCUT2D eigenvalue weighted by Crippen LogP contribution is -1.81. The van der Waals surface area contributed by atoms with Gasteiger partial charge in [-0.2, -0.15) is 0 Å². The Hall–Kier alpha value is -1.42. The second-order valence-electron chi connectivity index (χ2n) is 2.95. The van der Waals surface area contributed by atoms with Crippen molar-refractivity contribution in [2.75, 3.05) is 0 Å². The van der Waals surface area contributed by atoms with Crippen LogP contribution in [0.1, 0.15) is 18.1 Å². The smallest absolute Gasteiger partial charge is 0.115 e. The molecule has 0 aliphatic rings. The van der Waals surface area contributed by atoms with Gasteiger partial charge >= 0.3 is 0 Å². The predicted octanol–water partition coefficient (Wildman–Crippen LogP) is 1.66. The first-order valence-electron chi connectivity index (χ1n) is 3.94. The highest BCUT2D eigenvalue weighted by atomic mass is 14.0. The molecule has 1 aromatic rings. The van der Waals surface area contributed by atoms with E-state index in [4.69, 9.17) is 6.42 Å². The average Bonchev–Trinajstić information content (AvgIpc) is 2.04. The van der Waals surface area contributed by atoms with Gasteiger partial charge < -0.3 is 0 Å². The predicted molar refractivity (Wildman–Crippen MR) is 56.6 cm³/mol. The Morgan fingerprint density at radius 3 is 2.75 bits per heavy atom. The molecule has 0 aromatic heterocycles. The van der Waals surface area contributed by atoms with Crippen molar-refractivity contribution >= 4 is 13.9 Å². The minimum absolute atomic E-state index is 0.957. The highest BCUT2D eigenvalue weighted by molar-refractivity contribution is 6.23. The van der Waals surface area contributed by atoms with E-state index in [9.17, 15) is 0 Å². The molecule has 0 N–H and O–H groups in total. The van der Waals surface area contributed by atoms with Crippen molar-refractivity contribution in [2.24, 2.45) is 0 Å². The first-order valence-corrected chi connectivity index (χ1v) is 3.94. The molecule has 58 valence electrons. The van der Waals surface area contributed by atoms with Crippen LogP contribution in [0, 0.1) is 12.3 Å². The topological polar surface area (TPSA) is 0 Å². The van der Waals surface area contributed by atoms with E-state index in [1.807, 2.05) is 24.3 Å². The van der Waals surface area contributed by atoms with Crippen molar-refractivity contribution in [1.29, 1.82) is 0 Å². The molecule has 0 aliphatic carbocycles. The molecular formula is C11H11B. The minimum Gasteiger partial charge on any atom is -0.115 e. The first kappa shape index (κ1) is 8.68. The van der Waals surface area contributed by atoms with Crippen LogP contribution in [0.25, 0.3) is 6.08 Å². The fraction of sp³-hybridized carbons (Fsp3) is 0.0909. The van der Waals surface area contributed by atoms with Gasteiger partial charge in [0.15, 0.2) is 0 Å². The Labute approximate surface area is 74.7 Å². The minimum atomic E-state index is 0.957. The van der Waals surface area contributed by atoms with Crippen LogP contribution < -0.4 is 0 Å². The van der Waals surface area contributed by atoms with Gasteiger partial charge in [0.1, 0.15) is 7.85 Å². The standard InChI is InChI=1S/C11H11B/c1-3-10-6-4-5-7-11(10)8-9(2)12/h1,4-8H,12H2,2H3/b9-8+. The number of hydrogen-bond acceptors (Lipinski definition) is 0. The Morgan fingerprint density at radius 2 is 2.17 bits per heavy atom. The summed E-state index contributed by atoms with van der Waals surface area (Å²) in [5.74, 6) is 2.66. The van der Waals surface area contributed by atoms with E-state index in [1.165, 1.54) is 5.47 Å². The van der Waals surface area contributed by atoms with Crippen LogP contribution in [0.4, 0.5) is 0 Å². The highest BCUT2D eigenvalue weighted by Gasteiger charge is 1.93. The van der Waals surface area contributed by atoms with Crippen LogP contribution in [0.3, 0.4) is 0 Å². The number of allylic oxidation sites excluding steroid dienone is 1. The third kappa shape index (κ3) is 2.03. The third-order valence-electron chi connectivity index (χ3n) is 1.56. The normalized spacial score (nSPS) is 10.8. The van der Waals surface area contributed by atoms with Gasteiger partial charge in [-0.3, -0.25) is 0 Å². The van der Waals surface area contributed by atoms with E-state index in [-0.39, 0.29) is 0 Å². The van der Waals surface area contributed by atoms with Gasteiger partial charge in [0.25, 0.3) is 0 Å². The van der Waals surface area contributed by atoms with Gasteiger partial charge in [-0.1, -0.05) is 37.1 Å². The van der Waals surface area contributed by atoms with E-state index < -0.39 is 0 Å². The van der Waals surface area contributed by atoms with Crippen molar-refractivity contribution in [1.82, 2.24) is 0 Å². The maximum atomic E-state index is 5.35. The summed E-state index contributed by atoms with van der Waals surface area (Å²) >= 11 is 0. The molecule has 1 heteroatoms. The zero-order valence-corrected chi connectivity index (χ0v) is 7.46. The van der Waals surface area contributed by atoms with Crippen LogP contribution in [-0.4, -0.2) is 7.85 Å². The number of benzene rings is 1. The lowest BCUT2D eigenvalue weighted by molar-refractivity contribution is 1.58. The summed E-state index contributed by atoms with van der Waals surface area (Å²) in [6.45, 7) is 2.06. The fourth-order valence-corrected chi connectivity index (χ4v) is 1.07. The molecule has 12 heavy (non-hydrogen) atoms. The SMILES string of the molecule is B/C(C)=C/c1ccccc1C#C. The molecule has 0 unspecified atom stereocenters. The molecule has 1 rings (SSSR count). The van der Waals surface area contributed by atoms with Gasteiger partial charge in [0, 0.05) is 5.56 Å². The summed E-state index contributed by atoms with van der Waals surface area (Å²) in [6, 6.07) is 7.93. The van der Waals surface area contributed by atoms with E-state index in [2.05, 4.69) is 26.8 Å². The van der Waals surface area contributed by atoms with Crippen LogP contribution in [-0.2, 0) is 0 Å². The van der Waals surface area contributed by atoms with Crippen molar-refractivity contribution in [2.45, 2.75) is 6.92 Å². The first-order chi connectivity index (χ1) is 5.74. The number of hydrogen-bond donors (Lipinski definition) is 0.